The molecule has 0 heterocycles. The van der Waals surface area contributed by atoms with Crippen molar-refractivity contribution in [1.29, 1.82) is 10.5 Å². The van der Waals surface area contributed by atoms with Gasteiger partial charge in [0.2, 0.25) is 12.4 Å². The Morgan fingerprint density at radius 1 is 1.00 bits per heavy atom. The highest BCUT2D eigenvalue weighted by Crippen LogP contribution is 1.92. The van der Waals surface area contributed by atoms with Crippen LogP contribution in [0.25, 0.3) is 0 Å². The zero-order valence-corrected chi connectivity index (χ0v) is 3.54. The maximum atomic E-state index is 11.3. The topological polar surface area (TPSA) is 54.1 Å². The van der Waals surface area contributed by atoms with Crippen LogP contribution in [-0.2, 0) is 0 Å². The number of halogens is 2. The molecule has 0 atom stereocenters. The van der Waals surface area contributed by atoms with Crippen LogP contribution >= 0.6 is 0 Å². The fourth-order valence-electron chi connectivity index (χ4n) is 0.0785. The van der Waals surface area contributed by atoms with Gasteiger partial charge < -0.3 is 0 Å². The number of nitriles is 2. The Labute approximate surface area is 43.6 Å². The molecule has 0 aromatic rings. The van der Waals surface area contributed by atoms with Crippen molar-refractivity contribution in [3.63, 3.8) is 0 Å². The van der Waals surface area contributed by atoms with Gasteiger partial charge >= 0.3 is 0 Å². The highest BCUT2D eigenvalue weighted by Gasteiger charge is 2.07. The summed E-state index contributed by atoms with van der Waals surface area (Å²) in [5, 5.41) is 12.9. The third-order valence-electron chi connectivity index (χ3n) is 0.319. The molecule has 0 saturated carbocycles. The van der Waals surface area contributed by atoms with E-state index in [0.29, 0.717) is 12.4 Å². The fourth-order valence-corrected chi connectivity index (χ4v) is 0.0785. The zero-order valence-electron chi connectivity index (χ0n) is 3.54. The Morgan fingerprint density at radius 2 is 1.25 bits per heavy atom. The van der Waals surface area contributed by atoms with E-state index in [2.05, 4.69) is 0 Å². The van der Waals surface area contributed by atoms with Gasteiger partial charge in [-0.05, 0) is 10.5 Å². The molecule has 8 heavy (non-hydrogen) atoms. The van der Waals surface area contributed by atoms with E-state index in [-0.39, 0.29) is 0 Å². The predicted octanol–water partition coefficient (Wildman–Crippen LogP) is 0.237. The normalized spacial score (nSPS) is 6.50. The average molecular weight is 118 g/mol. The van der Waals surface area contributed by atoms with E-state index in [1.54, 1.807) is 0 Å². The molecule has 0 spiro atoms. The minimum Gasteiger partial charge on any atom is -0.168 e. The van der Waals surface area contributed by atoms with Gasteiger partial charge in [0, 0.05) is 0 Å². The van der Waals surface area contributed by atoms with Gasteiger partial charge in [0.25, 0.3) is 0 Å². The van der Waals surface area contributed by atoms with E-state index in [9.17, 15) is 8.96 Å². The van der Waals surface area contributed by atoms with Gasteiger partial charge in [-0.25, -0.2) is 0 Å². The Balaban J connectivity index is 3.72. The maximum Gasteiger partial charge on any atom is 0.236 e. The van der Waals surface area contributed by atoms with Gasteiger partial charge in [0.15, 0.2) is 0 Å². The van der Waals surface area contributed by atoms with Crippen LogP contribution in [0.1, 0.15) is 0 Å². The van der Waals surface area contributed by atoms with Crippen LogP contribution in [0.2, 0.25) is 0 Å². The lowest BCUT2D eigenvalue weighted by Gasteiger charge is -2.00. The van der Waals surface area contributed by atoms with Crippen LogP contribution in [0.4, 0.5) is 8.96 Å². The van der Waals surface area contributed by atoms with E-state index >= 15 is 0 Å². The minimum atomic E-state index is -1.04. The van der Waals surface area contributed by atoms with E-state index in [1.807, 2.05) is 0 Å². The third kappa shape index (κ3) is 1.27. The van der Waals surface area contributed by atoms with Crippen molar-refractivity contribution in [3.8, 4) is 12.4 Å². The maximum absolute atomic E-state index is 11.3. The molecule has 6 heteroatoms. The number of hydrazine groups is 1. The number of hydrogen-bond acceptors (Lipinski definition) is 4. The van der Waals surface area contributed by atoms with Crippen LogP contribution in [0.5, 0.6) is 0 Å². The summed E-state index contributed by atoms with van der Waals surface area (Å²) in [5.41, 5.74) is 0. The van der Waals surface area contributed by atoms with Crippen LogP contribution in [0, 0.1) is 22.9 Å². The lowest BCUT2D eigenvalue weighted by atomic mass is 11.3. The molecule has 0 radical (unpaired) electrons. The molecule has 4 nitrogen and oxygen atoms in total. The highest BCUT2D eigenvalue weighted by molar-refractivity contribution is 4.66. The van der Waals surface area contributed by atoms with E-state index < -0.39 is 10.5 Å². The molecule has 0 rings (SSSR count). The zero-order chi connectivity index (χ0) is 6.57. The molecule has 42 valence electrons. The standard InChI is InChI=1S/C2F2N4/c3-7(1-5)8(4)2-6. The van der Waals surface area contributed by atoms with Gasteiger partial charge in [-0.3, -0.25) is 0 Å². The monoisotopic (exact) mass is 118 g/mol. The van der Waals surface area contributed by atoms with Crippen molar-refractivity contribution in [2.24, 2.45) is 0 Å². The average Bonchev–Trinajstić information content (AvgIpc) is 1.84. The summed E-state index contributed by atoms with van der Waals surface area (Å²) >= 11 is 0. The molecule has 0 amide bonds. The first-order valence-electron chi connectivity index (χ1n) is 1.43. The number of nitrogens with zero attached hydrogens (tertiary/aromatic N) is 4. The molecule has 0 saturated heterocycles. The fraction of sp³-hybridized carbons (Fsp3) is 0. The molecule has 0 N–H and O–H groups in total. The van der Waals surface area contributed by atoms with Crippen LogP contribution in [-0.4, -0.2) is 10.5 Å². The summed E-state index contributed by atoms with van der Waals surface area (Å²) in [5.74, 6) is 0. The van der Waals surface area contributed by atoms with Crippen molar-refractivity contribution in [2.45, 2.75) is 0 Å². The Morgan fingerprint density at radius 3 is 1.38 bits per heavy atom. The van der Waals surface area contributed by atoms with Crippen molar-refractivity contribution >= 4 is 0 Å². The predicted molar refractivity (Wildman–Crippen MR) is 17.1 cm³/mol. The highest BCUT2D eigenvalue weighted by atomic mass is 19.2. The molecule has 0 aliphatic heterocycles. The lowest BCUT2D eigenvalue weighted by molar-refractivity contribution is -0.188. The Hall–Kier alpha value is -1.56. The molecular formula is C2F2N4. The Kier molecular flexibility index (Phi) is 2.08. The molecule has 0 fully saturated rings. The second-order valence-electron chi connectivity index (χ2n) is 0.720. The van der Waals surface area contributed by atoms with Crippen molar-refractivity contribution < 1.29 is 8.96 Å². The first-order valence-corrected chi connectivity index (χ1v) is 1.43. The second-order valence-corrected chi connectivity index (χ2v) is 0.720. The first-order chi connectivity index (χ1) is 3.72. The molecule has 0 aliphatic rings. The van der Waals surface area contributed by atoms with Crippen molar-refractivity contribution in [2.75, 3.05) is 0 Å². The first kappa shape index (κ1) is 6.44. The quantitative estimate of drug-likeness (QED) is 0.214. The van der Waals surface area contributed by atoms with Crippen molar-refractivity contribution in [1.82, 2.24) is 10.5 Å². The molecule has 0 aromatic carbocycles. The van der Waals surface area contributed by atoms with Gasteiger partial charge in [0.1, 0.15) is 0 Å². The summed E-state index contributed by atoms with van der Waals surface area (Å²) < 4.78 is 22.7. The Bertz CT molecular complexity index is 125. The van der Waals surface area contributed by atoms with E-state index in [0.717, 1.165) is 0 Å². The number of rotatable bonds is 1. The van der Waals surface area contributed by atoms with Crippen molar-refractivity contribution in [3.05, 3.63) is 0 Å². The van der Waals surface area contributed by atoms with Crippen LogP contribution in [0.3, 0.4) is 0 Å². The van der Waals surface area contributed by atoms with Gasteiger partial charge in [-0.2, -0.15) is 10.5 Å². The van der Waals surface area contributed by atoms with Crippen LogP contribution in [0.15, 0.2) is 0 Å². The summed E-state index contributed by atoms with van der Waals surface area (Å²) in [6.07, 6.45) is 1.42. The summed E-state index contributed by atoms with van der Waals surface area (Å²) in [6, 6.07) is 0. The van der Waals surface area contributed by atoms with Gasteiger partial charge in [-0.1, -0.05) is 8.96 Å². The molecule has 0 bridgehead atoms. The lowest BCUT2D eigenvalue weighted by Crippen LogP contribution is -2.19. The minimum absolute atomic E-state index is 0.711. The van der Waals surface area contributed by atoms with E-state index in [1.165, 1.54) is 0 Å². The largest absolute Gasteiger partial charge is 0.236 e. The van der Waals surface area contributed by atoms with Crippen LogP contribution < -0.4 is 0 Å². The molecule has 0 aliphatic carbocycles. The summed E-state index contributed by atoms with van der Waals surface area (Å²) in [6.45, 7) is 0. The van der Waals surface area contributed by atoms with Gasteiger partial charge in [0.05, 0.1) is 0 Å². The second kappa shape index (κ2) is 2.59. The van der Waals surface area contributed by atoms with E-state index in [4.69, 9.17) is 10.5 Å². The third-order valence-corrected chi connectivity index (χ3v) is 0.319. The smallest absolute Gasteiger partial charge is 0.168 e. The molecule has 0 aromatic heterocycles. The summed E-state index contributed by atoms with van der Waals surface area (Å²) in [7, 11) is 0. The number of hydrogen-bond donors (Lipinski definition) is 0. The van der Waals surface area contributed by atoms with Gasteiger partial charge in [-0.15, -0.1) is 0 Å². The summed E-state index contributed by atoms with van der Waals surface area (Å²) in [4.78, 5) is 0. The molecular weight excluding hydrogens is 118 g/mol. The molecule has 0 unspecified atom stereocenters. The SMILES string of the molecule is N#CN(F)N(F)C#N.